The molecule has 3 nitrogen and oxygen atoms in total. The number of alkyl carbamates (subject to hydrolysis) is 1. The van der Waals surface area contributed by atoms with Gasteiger partial charge in [0.1, 0.15) is 5.67 Å². The Labute approximate surface area is 104 Å². The van der Waals surface area contributed by atoms with Crippen LogP contribution in [0.5, 0.6) is 0 Å². The van der Waals surface area contributed by atoms with Gasteiger partial charge in [0, 0.05) is 4.43 Å². The Morgan fingerprint density at radius 1 is 1.60 bits per heavy atom. The quantitative estimate of drug-likeness (QED) is 0.461. The van der Waals surface area contributed by atoms with Crippen molar-refractivity contribution < 1.29 is 13.9 Å². The third-order valence-corrected chi connectivity index (χ3v) is 2.89. The predicted molar refractivity (Wildman–Crippen MR) is 67.3 cm³/mol. The van der Waals surface area contributed by atoms with Gasteiger partial charge in [-0.2, -0.15) is 0 Å². The molecule has 0 aliphatic rings. The van der Waals surface area contributed by atoms with Gasteiger partial charge in [-0.05, 0) is 20.3 Å². The summed E-state index contributed by atoms with van der Waals surface area (Å²) in [6.07, 6.45) is 1.27. The summed E-state index contributed by atoms with van der Waals surface area (Å²) in [5, 5.41) is 2.52. The second-order valence-electron chi connectivity index (χ2n) is 3.91. The van der Waals surface area contributed by atoms with E-state index in [4.69, 9.17) is 4.74 Å². The van der Waals surface area contributed by atoms with Crippen molar-refractivity contribution in [1.29, 1.82) is 0 Å². The Hall–Kier alpha value is -0.0700. The van der Waals surface area contributed by atoms with Crippen molar-refractivity contribution in [3.63, 3.8) is 0 Å². The van der Waals surface area contributed by atoms with E-state index in [2.05, 4.69) is 5.32 Å². The topological polar surface area (TPSA) is 38.3 Å². The Morgan fingerprint density at radius 3 is 2.60 bits per heavy atom. The lowest BCUT2D eigenvalue weighted by Crippen LogP contribution is -2.48. The fourth-order valence-corrected chi connectivity index (χ4v) is 2.15. The summed E-state index contributed by atoms with van der Waals surface area (Å²) in [4.78, 5) is 11.2. The van der Waals surface area contributed by atoms with Crippen LogP contribution >= 0.6 is 22.6 Å². The van der Waals surface area contributed by atoms with Gasteiger partial charge in [0.2, 0.25) is 0 Å². The highest BCUT2D eigenvalue weighted by Gasteiger charge is 2.29. The maximum absolute atomic E-state index is 13.5. The molecular weight excluding hydrogens is 312 g/mol. The summed E-state index contributed by atoms with van der Waals surface area (Å²) in [5.74, 6) is 0. The average Bonchev–Trinajstić information content (AvgIpc) is 2.12. The molecule has 0 aromatic heterocycles. The minimum atomic E-state index is -1.43. The van der Waals surface area contributed by atoms with Crippen LogP contribution in [0.25, 0.3) is 0 Å². The van der Waals surface area contributed by atoms with E-state index in [-0.39, 0.29) is 0 Å². The Balaban J connectivity index is 3.92. The number of unbranched alkanes of at least 4 members (excludes halogenated alkanes) is 1. The molecule has 0 aromatic rings. The largest absolute Gasteiger partial charge is 0.450 e. The van der Waals surface area contributed by atoms with Gasteiger partial charge >= 0.3 is 6.09 Å². The van der Waals surface area contributed by atoms with Gasteiger partial charge in [-0.3, -0.25) is 0 Å². The van der Waals surface area contributed by atoms with Crippen LogP contribution in [-0.4, -0.2) is 28.8 Å². The fraction of sp³-hybridized carbons (Fsp3) is 0.900. The molecule has 1 atom stereocenters. The van der Waals surface area contributed by atoms with Gasteiger partial charge in [0.05, 0.1) is 12.6 Å². The molecule has 5 heteroatoms. The van der Waals surface area contributed by atoms with Gasteiger partial charge in [0.25, 0.3) is 0 Å². The number of hydrogen-bond acceptors (Lipinski definition) is 2. The maximum Gasteiger partial charge on any atom is 0.407 e. The Bertz CT molecular complexity index is 194. The molecule has 0 rings (SSSR count). The molecule has 0 saturated carbocycles. The molecule has 0 saturated heterocycles. The van der Waals surface area contributed by atoms with E-state index < -0.39 is 17.8 Å². The van der Waals surface area contributed by atoms with E-state index in [9.17, 15) is 9.18 Å². The number of carbonyl (C=O) groups is 1. The molecule has 0 spiro atoms. The van der Waals surface area contributed by atoms with Gasteiger partial charge < -0.3 is 10.1 Å². The van der Waals surface area contributed by atoms with E-state index >= 15 is 0 Å². The van der Waals surface area contributed by atoms with E-state index in [1.807, 2.05) is 29.5 Å². The molecule has 15 heavy (non-hydrogen) atoms. The zero-order chi connectivity index (χ0) is 11.9. The molecule has 1 N–H and O–H groups in total. The predicted octanol–water partition coefficient (Wildman–Crippen LogP) is 3.06. The lowest BCUT2D eigenvalue weighted by Gasteiger charge is -2.25. The van der Waals surface area contributed by atoms with Crippen molar-refractivity contribution in [3.8, 4) is 0 Å². The number of nitrogens with one attached hydrogen (secondary N) is 1. The molecule has 0 fully saturated rings. The normalized spacial score (nSPS) is 13.4. The minimum absolute atomic E-state index is 0.392. The summed E-state index contributed by atoms with van der Waals surface area (Å²) >= 11 is 2.04. The molecule has 0 aliphatic carbocycles. The van der Waals surface area contributed by atoms with Crippen LogP contribution in [0.1, 0.15) is 33.6 Å². The third kappa shape index (κ3) is 6.92. The van der Waals surface area contributed by atoms with Crippen LogP contribution in [0.4, 0.5) is 9.18 Å². The number of carbonyl (C=O) groups excluding carboxylic acids is 1. The second kappa shape index (κ2) is 7.24. The zero-order valence-electron chi connectivity index (χ0n) is 9.48. The number of halogens is 2. The molecule has 0 heterocycles. The molecule has 90 valence electrons. The highest BCUT2D eigenvalue weighted by Crippen LogP contribution is 2.16. The third-order valence-electron chi connectivity index (χ3n) is 2.01. The van der Waals surface area contributed by atoms with Gasteiger partial charge in [-0.15, -0.1) is 0 Å². The van der Waals surface area contributed by atoms with Gasteiger partial charge in [-0.1, -0.05) is 35.9 Å². The molecule has 0 aromatic carbocycles. The van der Waals surface area contributed by atoms with E-state index in [0.717, 1.165) is 12.8 Å². The lowest BCUT2D eigenvalue weighted by molar-refractivity contribution is 0.117. The number of alkyl halides is 2. The van der Waals surface area contributed by atoms with E-state index in [1.165, 1.54) is 13.8 Å². The van der Waals surface area contributed by atoms with Crippen molar-refractivity contribution in [2.75, 3.05) is 11.0 Å². The second-order valence-corrected chi connectivity index (χ2v) is 4.79. The maximum atomic E-state index is 13.5. The molecule has 0 bridgehead atoms. The summed E-state index contributed by atoms with van der Waals surface area (Å²) in [7, 11) is 0. The number of rotatable bonds is 6. The first-order valence-electron chi connectivity index (χ1n) is 5.10. The molecule has 1 amide bonds. The van der Waals surface area contributed by atoms with Crippen LogP contribution < -0.4 is 5.32 Å². The number of amides is 1. The fourth-order valence-electron chi connectivity index (χ4n) is 0.887. The molecule has 0 aliphatic heterocycles. The van der Waals surface area contributed by atoms with E-state index in [0.29, 0.717) is 11.0 Å². The number of ether oxygens (including phenoxy) is 1. The monoisotopic (exact) mass is 331 g/mol. The molecular formula is C10H19FINO2. The Kier molecular flexibility index (Phi) is 7.21. The van der Waals surface area contributed by atoms with Crippen molar-refractivity contribution in [2.24, 2.45) is 0 Å². The SMILES string of the molecule is CCCCOC(=O)NC(CI)C(C)(C)F. The van der Waals surface area contributed by atoms with Crippen molar-refractivity contribution in [3.05, 3.63) is 0 Å². The van der Waals surface area contributed by atoms with E-state index in [1.54, 1.807) is 0 Å². The lowest BCUT2D eigenvalue weighted by atomic mass is 10.0. The van der Waals surface area contributed by atoms with Crippen LogP contribution in [0.2, 0.25) is 0 Å². The van der Waals surface area contributed by atoms with Crippen LogP contribution in [0, 0.1) is 0 Å². The Morgan fingerprint density at radius 2 is 2.20 bits per heavy atom. The summed E-state index contributed by atoms with van der Waals surface area (Å²) in [5.41, 5.74) is -1.43. The highest BCUT2D eigenvalue weighted by molar-refractivity contribution is 14.1. The van der Waals surface area contributed by atoms with Crippen molar-refractivity contribution in [1.82, 2.24) is 5.32 Å². The molecule has 1 unspecified atom stereocenters. The number of hydrogen-bond donors (Lipinski definition) is 1. The van der Waals surface area contributed by atoms with Gasteiger partial charge in [0.15, 0.2) is 0 Å². The molecule has 0 radical (unpaired) electrons. The summed E-state index contributed by atoms with van der Waals surface area (Å²) in [6, 6.07) is -0.507. The van der Waals surface area contributed by atoms with Crippen LogP contribution in [-0.2, 0) is 4.74 Å². The smallest absolute Gasteiger partial charge is 0.407 e. The standard InChI is InChI=1S/C10H19FINO2/c1-4-5-6-15-9(14)13-8(7-12)10(2,3)11/h8H,4-7H2,1-3H3,(H,13,14). The minimum Gasteiger partial charge on any atom is -0.450 e. The van der Waals surface area contributed by atoms with Crippen molar-refractivity contribution >= 4 is 28.7 Å². The zero-order valence-corrected chi connectivity index (χ0v) is 11.6. The van der Waals surface area contributed by atoms with Crippen LogP contribution in [0.15, 0.2) is 0 Å². The first-order valence-corrected chi connectivity index (χ1v) is 6.62. The first-order chi connectivity index (χ1) is 6.91. The van der Waals surface area contributed by atoms with Crippen molar-refractivity contribution in [2.45, 2.75) is 45.3 Å². The van der Waals surface area contributed by atoms with Gasteiger partial charge in [-0.25, -0.2) is 9.18 Å². The van der Waals surface area contributed by atoms with Crippen LogP contribution in [0.3, 0.4) is 0 Å². The summed E-state index contributed by atoms with van der Waals surface area (Å²) in [6.45, 7) is 5.30. The summed E-state index contributed by atoms with van der Waals surface area (Å²) < 4.78 is 18.9. The highest BCUT2D eigenvalue weighted by atomic mass is 127. The first kappa shape index (κ1) is 14.9. The average molecular weight is 331 g/mol.